The Morgan fingerprint density at radius 2 is 2.06 bits per heavy atom. The molecular formula is C25H27N5O3. The standard InChI is InChI=1S/C25H27N5O3/c1-17(19-7-4-3-5-8-19)28-24-21-15-20(10-11-22(21)26-16-27-24)29-23(31)9-6-12-30-13-14-33-25(32)18(30)2/h3-11,15-18H,12-14H2,1-2H3,(H,29,31)(H,26,27,28). The van der Waals surface area contributed by atoms with E-state index in [1.54, 1.807) is 13.0 Å². The zero-order valence-corrected chi connectivity index (χ0v) is 18.7. The van der Waals surface area contributed by atoms with Crippen LogP contribution in [0.25, 0.3) is 10.9 Å². The second-order valence-corrected chi connectivity index (χ2v) is 7.96. The van der Waals surface area contributed by atoms with Gasteiger partial charge in [-0.05, 0) is 37.6 Å². The molecule has 2 heterocycles. The molecule has 33 heavy (non-hydrogen) atoms. The van der Waals surface area contributed by atoms with Crippen molar-refractivity contribution in [3.8, 4) is 0 Å². The highest BCUT2D eigenvalue weighted by atomic mass is 16.5. The van der Waals surface area contributed by atoms with E-state index >= 15 is 0 Å². The number of aromatic nitrogens is 2. The van der Waals surface area contributed by atoms with Crippen LogP contribution in [0.1, 0.15) is 25.5 Å². The molecule has 2 unspecified atom stereocenters. The largest absolute Gasteiger partial charge is 0.463 e. The Kier molecular flexibility index (Phi) is 6.95. The zero-order chi connectivity index (χ0) is 23.2. The zero-order valence-electron chi connectivity index (χ0n) is 18.7. The number of cyclic esters (lactones) is 1. The van der Waals surface area contributed by atoms with Crippen molar-refractivity contribution in [2.24, 2.45) is 0 Å². The van der Waals surface area contributed by atoms with Crippen molar-refractivity contribution in [1.82, 2.24) is 14.9 Å². The highest BCUT2D eigenvalue weighted by Gasteiger charge is 2.26. The number of fused-ring (bicyclic) bond motifs is 1. The van der Waals surface area contributed by atoms with Gasteiger partial charge < -0.3 is 15.4 Å². The number of hydrogen-bond donors (Lipinski definition) is 2. The SMILES string of the molecule is CC(Nc1ncnc2ccc(NC(=O)C=CCN3CCOC(=O)C3C)cc12)c1ccccc1. The number of benzene rings is 2. The van der Waals surface area contributed by atoms with E-state index in [0.29, 0.717) is 31.2 Å². The van der Waals surface area contributed by atoms with E-state index in [1.807, 2.05) is 41.3 Å². The summed E-state index contributed by atoms with van der Waals surface area (Å²) in [5.74, 6) is 0.225. The summed E-state index contributed by atoms with van der Waals surface area (Å²) >= 11 is 0. The number of amides is 1. The first kappa shape index (κ1) is 22.4. The van der Waals surface area contributed by atoms with Gasteiger partial charge in [0.15, 0.2) is 0 Å². The molecule has 0 aliphatic carbocycles. The number of rotatable bonds is 7. The Balaban J connectivity index is 1.43. The van der Waals surface area contributed by atoms with Gasteiger partial charge in [0.25, 0.3) is 0 Å². The summed E-state index contributed by atoms with van der Waals surface area (Å²) in [6, 6.07) is 15.4. The van der Waals surface area contributed by atoms with E-state index in [4.69, 9.17) is 4.74 Å². The lowest BCUT2D eigenvalue weighted by Gasteiger charge is -2.30. The minimum Gasteiger partial charge on any atom is -0.463 e. The third-order valence-corrected chi connectivity index (χ3v) is 5.68. The molecule has 4 rings (SSSR count). The molecule has 0 radical (unpaired) electrons. The first-order chi connectivity index (χ1) is 16.0. The van der Waals surface area contributed by atoms with Crippen LogP contribution in [-0.4, -0.2) is 52.5 Å². The van der Waals surface area contributed by atoms with Crippen LogP contribution in [0.4, 0.5) is 11.5 Å². The number of carbonyl (C=O) groups excluding carboxylic acids is 2. The summed E-state index contributed by atoms with van der Waals surface area (Å²) in [7, 11) is 0. The fraction of sp³-hybridized carbons (Fsp3) is 0.280. The summed E-state index contributed by atoms with van der Waals surface area (Å²) in [6.07, 6.45) is 4.76. The molecule has 1 aliphatic rings. The Labute approximate surface area is 192 Å². The van der Waals surface area contributed by atoms with Gasteiger partial charge >= 0.3 is 5.97 Å². The number of hydrogen-bond acceptors (Lipinski definition) is 7. The van der Waals surface area contributed by atoms with Crippen LogP contribution in [0, 0.1) is 0 Å². The van der Waals surface area contributed by atoms with Gasteiger partial charge in [-0.3, -0.25) is 14.5 Å². The van der Waals surface area contributed by atoms with E-state index in [0.717, 1.165) is 16.5 Å². The van der Waals surface area contributed by atoms with Crippen molar-refractivity contribution < 1.29 is 14.3 Å². The lowest BCUT2D eigenvalue weighted by atomic mass is 10.1. The van der Waals surface area contributed by atoms with Crippen LogP contribution in [0.5, 0.6) is 0 Å². The fourth-order valence-corrected chi connectivity index (χ4v) is 3.73. The van der Waals surface area contributed by atoms with E-state index < -0.39 is 0 Å². The Morgan fingerprint density at radius 3 is 2.88 bits per heavy atom. The topological polar surface area (TPSA) is 96.4 Å². The first-order valence-electron chi connectivity index (χ1n) is 11.0. The molecule has 170 valence electrons. The molecule has 0 saturated carbocycles. The average molecular weight is 446 g/mol. The third kappa shape index (κ3) is 5.53. The number of nitrogens with one attached hydrogen (secondary N) is 2. The normalized spacial score (nSPS) is 17.6. The van der Waals surface area contributed by atoms with Crippen LogP contribution in [0.15, 0.2) is 67.0 Å². The molecule has 2 atom stereocenters. The lowest BCUT2D eigenvalue weighted by Crippen LogP contribution is -2.47. The van der Waals surface area contributed by atoms with Crippen LogP contribution < -0.4 is 10.6 Å². The summed E-state index contributed by atoms with van der Waals surface area (Å²) in [4.78, 5) is 34.8. The molecule has 1 fully saturated rings. The number of morpholine rings is 1. The highest BCUT2D eigenvalue weighted by molar-refractivity contribution is 6.01. The van der Waals surface area contributed by atoms with Gasteiger partial charge in [-0.25, -0.2) is 9.97 Å². The highest BCUT2D eigenvalue weighted by Crippen LogP contribution is 2.26. The maximum absolute atomic E-state index is 12.4. The smallest absolute Gasteiger partial charge is 0.323 e. The third-order valence-electron chi connectivity index (χ3n) is 5.68. The van der Waals surface area contributed by atoms with E-state index in [9.17, 15) is 9.59 Å². The number of ether oxygens (including phenoxy) is 1. The Morgan fingerprint density at radius 1 is 1.24 bits per heavy atom. The Hall–Kier alpha value is -3.78. The predicted octanol–water partition coefficient (Wildman–Crippen LogP) is 3.54. The molecule has 8 heteroatoms. The monoisotopic (exact) mass is 445 g/mol. The molecule has 3 aromatic rings. The van der Waals surface area contributed by atoms with Crippen LogP contribution >= 0.6 is 0 Å². The average Bonchev–Trinajstić information content (AvgIpc) is 2.82. The molecule has 8 nitrogen and oxygen atoms in total. The van der Waals surface area contributed by atoms with Crippen molar-refractivity contribution >= 4 is 34.3 Å². The van der Waals surface area contributed by atoms with Crippen LogP contribution in [-0.2, 0) is 14.3 Å². The molecule has 0 bridgehead atoms. The molecule has 1 saturated heterocycles. The molecule has 2 N–H and O–H groups in total. The fourth-order valence-electron chi connectivity index (χ4n) is 3.73. The summed E-state index contributed by atoms with van der Waals surface area (Å²) in [6.45, 7) is 5.41. The number of esters is 1. The molecule has 1 aliphatic heterocycles. The van der Waals surface area contributed by atoms with Gasteiger partial charge in [0.05, 0.1) is 5.52 Å². The van der Waals surface area contributed by atoms with Gasteiger partial charge in [0.2, 0.25) is 5.91 Å². The van der Waals surface area contributed by atoms with E-state index in [2.05, 4.69) is 39.7 Å². The maximum Gasteiger partial charge on any atom is 0.323 e. The van der Waals surface area contributed by atoms with Crippen molar-refractivity contribution in [2.75, 3.05) is 30.3 Å². The molecule has 2 aromatic carbocycles. The molecular weight excluding hydrogens is 418 g/mol. The van der Waals surface area contributed by atoms with Crippen LogP contribution in [0.3, 0.4) is 0 Å². The quantitative estimate of drug-likeness (QED) is 0.424. The minimum atomic E-state index is -0.309. The first-order valence-corrected chi connectivity index (χ1v) is 11.0. The lowest BCUT2D eigenvalue weighted by molar-refractivity contribution is -0.155. The van der Waals surface area contributed by atoms with E-state index in [-0.39, 0.29) is 24.0 Å². The maximum atomic E-state index is 12.4. The Bertz CT molecular complexity index is 1170. The van der Waals surface area contributed by atoms with Gasteiger partial charge in [-0.1, -0.05) is 36.4 Å². The number of carbonyl (C=O) groups is 2. The van der Waals surface area contributed by atoms with E-state index in [1.165, 1.54) is 12.4 Å². The van der Waals surface area contributed by atoms with Crippen molar-refractivity contribution in [2.45, 2.75) is 25.9 Å². The van der Waals surface area contributed by atoms with Gasteiger partial charge in [-0.2, -0.15) is 0 Å². The van der Waals surface area contributed by atoms with Gasteiger partial charge in [0.1, 0.15) is 24.8 Å². The van der Waals surface area contributed by atoms with Crippen molar-refractivity contribution in [1.29, 1.82) is 0 Å². The van der Waals surface area contributed by atoms with Gasteiger partial charge in [0, 0.05) is 36.3 Å². The molecule has 0 spiro atoms. The number of anilines is 2. The van der Waals surface area contributed by atoms with Crippen LogP contribution in [0.2, 0.25) is 0 Å². The summed E-state index contributed by atoms with van der Waals surface area (Å²) in [5.41, 5.74) is 2.58. The minimum absolute atomic E-state index is 0.0555. The molecule has 1 amide bonds. The second kappa shape index (κ2) is 10.2. The molecule has 1 aromatic heterocycles. The summed E-state index contributed by atoms with van der Waals surface area (Å²) in [5, 5.41) is 7.15. The summed E-state index contributed by atoms with van der Waals surface area (Å²) < 4.78 is 5.02. The van der Waals surface area contributed by atoms with Crippen molar-refractivity contribution in [3.63, 3.8) is 0 Å². The van der Waals surface area contributed by atoms with Gasteiger partial charge in [-0.15, -0.1) is 0 Å². The van der Waals surface area contributed by atoms with Crippen molar-refractivity contribution in [3.05, 3.63) is 72.6 Å². The predicted molar refractivity (Wildman–Crippen MR) is 128 cm³/mol. The second-order valence-electron chi connectivity index (χ2n) is 7.96. The number of nitrogens with zero attached hydrogens (tertiary/aromatic N) is 3.